The number of thiazole rings is 1. The second-order valence-corrected chi connectivity index (χ2v) is 14.1. The van der Waals surface area contributed by atoms with Crippen molar-refractivity contribution in [3.05, 3.63) is 6.20 Å². The van der Waals surface area contributed by atoms with E-state index in [2.05, 4.69) is 48.6 Å². The maximum absolute atomic E-state index is 6.59. The van der Waals surface area contributed by atoms with Gasteiger partial charge in [0.25, 0.3) is 0 Å². The quantitative estimate of drug-likeness (QED) is 0.759. The van der Waals surface area contributed by atoms with Gasteiger partial charge in [0.1, 0.15) is 5.00 Å². The van der Waals surface area contributed by atoms with Gasteiger partial charge in [-0.3, -0.25) is 0 Å². The Morgan fingerprint density at radius 1 is 1.21 bits per heavy atom. The molecule has 136 valence electrons. The third kappa shape index (κ3) is 3.95. The number of nitrogens with zero attached hydrogens (tertiary/aromatic N) is 3. The van der Waals surface area contributed by atoms with Crippen LogP contribution in [0.3, 0.4) is 0 Å². The Bertz CT molecular complexity index is 552. The van der Waals surface area contributed by atoms with E-state index < -0.39 is 8.32 Å². The van der Waals surface area contributed by atoms with Gasteiger partial charge in [-0.2, -0.15) is 0 Å². The third-order valence-electron chi connectivity index (χ3n) is 5.49. The van der Waals surface area contributed by atoms with E-state index in [1.54, 1.807) is 11.3 Å². The van der Waals surface area contributed by atoms with Crippen LogP contribution in [0, 0.1) is 0 Å². The predicted molar refractivity (Wildman–Crippen MR) is 104 cm³/mol. The summed E-state index contributed by atoms with van der Waals surface area (Å²) in [7, 11) is -1.68. The highest BCUT2D eigenvalue weighted by Gasteiger charge is 2.40. The fourth-order valence-electron chi connectivity index (χ4n) is 2.92. The maximum atomic E-state index is 6.59. The molecule has 1 aromatic rings. The molecule has 3 rings (SSSR count). The van der Waals surface area contributed by atoms with Gasteiger partial charge in [-0.15, -0.1) is 0 Å². The minimum Gasteiger partial charge on any atom is -0.412 e. The Morgan fingerprint density at radius 3 is 2.58 bits per heavy atom. The Morgan fingerprint density at radius 2 is 1.92 bits per heavy atom. The van der Waals surface area contributed by atoms with E-state index in [9.17, 15) is 0 Å². The molecule has 1 atom stereocenters. The van der Waals surface area contributed by atoms with Gasteiger partial charge in [-0.25, -0.2) is 4.98 Å². The normalized spacial score (nSPS) is 23.1. The molecule has 2 aliphatic heterocycles. The van der Waals surface area contributed by atoms with E-state index in [-0.39, 0.29) is 5.04 Å². The van der Waals surface area contributed by atoms with Crippen LogP contribution in [0.5, 0.6) is 0 Å². The lowest BCUT2D eigenvalue weighted by molar-refractivity contribution is 0.122. The molecule has 3 heterocycles. The lowest BCUT2D eigenvalue weighted by Crippen LogP contribution is -2.44. The Hall–Kier alpha value is -0.633. The van der Waals surface area contributed by atoms with Crippen molar-refractivity contribution in [1.82, 2.24) is 4.98 Å². The van der Waals surface area contributed by atoms with Gasteiger partial charge >= 0.3 is 0 Å². The van der Waals surface area contributed by atoms with E-state index in [0.29, 0.717) is 6.10 Å². The molecule has 0 aromatic carbocycles. The first-order chi connectivity index (χ1) is 11.3. The molecule has 2 saturated heterocycles. The van der Waals surface area contributed by atoms with Crippen LogP contribution < -0.4 is 9.80 Å². The fraction of sp³-hybridized carbons (Fsp3) is 0.824. The first-order valence-corrected chi connectivity index (χ1v) is 12.7. The van der Waals surface area contributed by atoms with Crippen molar-refractivity contribution in [2.24, 2.45) is 0 Å². The topological polar surface area (TPSA) is 37.8 Å². The molecule has 0 saturated carbocycles. The van der Waals surface area contributed by atoms with Gasteiger partial charge in [0.2, 0.25) is 0 Å². The van der Waals surface area contributed by atoms with Gasteiger partial charge in [0, 0.05) is 26.2 Å². The van der Waals surface area contributed by atoms with E-state index in [1.807, 2.05) is 6.20 Å². The van der Waals surface area contributed by atoms with Crippen molar-refractivity contribution < 1.29 is 9.16 Å². The third-order valence-corrected chi connectivity index (χ3v) is 11.1. The number of hydrogen-bond acceptors (Lipinski definition) is 6. The molecule has 0 radical (unpaired) electrons. The second kappa shape index (κ2) is 6.94. The first kappa shape index (κ1) is 18.2. The molecule has 0 aliphatic carbocycles. The summed E-state index contributed by atoms with van der Waals surface area (Å²) in [5.74, 6) is 0. The van der Waals surface area contributed by atoms with E-state index in [1.165, 1.54) is 5.00 Å². The Kier molecular flexibility index (Phi) is 5.25. The van der Waals surface area contributed by atoms with Crippen LogP contribution >= 0.6 is 11.3 Å². The average Bonchev–Trinajstić information content (AvgIpc) is 3.15. The van der Waals surface area contributed by atoms with Crippen molar-refractivity contribution >= 4 is 29.8 Å². The van der Waals surface area contributed by atoms with Gasteiger partial charge in [-0.1, -0.05) is 32.1 Å². The zero-order valence-corrected chi connectivity index (χ0v) is 17.5. The van der Waals surface area contributed by atoms with Crippen LogP contribution in [-0.2, 0) is 9.16 Å². The maximum Gasteiger partial charge on any atom is 0.192 e. The zero-order valence-electron chi connectivity index (χ0n) is 15.7. The smallest absolute Gasteiger partial charge is 0.192 e. The van der Waals surface area contributed by atoms with Crippen LogP contribution in [0.2, 0.25) is 18.1 Å². The Labute approximate surface area is 151 Å². The van der Waals surface area contributed by atoms with Crippen molar-refractivity contribution in [1.29, 1.82) is 0 Å². The van der Waals surface area contributed by atoms with E-state index in [0.717, 1.165) is 50.9 Å². The summed E-state index contributed by atoms with van der Waals surface area (Å²) in [6.07, 6.45) is 3.52. The van der Waals surface area contributed by atoms with Crippen LogP contribution in [0.25, 0.3) is 0 Å². The Balaban J connectivity index is 1.59. The van der Waals surface area contributed by atoms with Crippen molar-refractivity contribution in [2.45, 2.75) is 51.4 Å². The average molecular weight is 370 g/mol. The molecular formula is C17H31N3O2SSi. The molecule has 2 fully saturated rings. The molecule has 0 bridgehead atoms. The van der Waals surface area contributed by atoms with Gasteiger partial charge in [-0.05, 0) is 24.6 Å². The molecule has 24 heavy (non-hydrogen) atoms. The molecule has 1 aromatic heterocycles. The highest BCUT2D eigenvalue weighted by atomic mass is 32.1. The molecule has 0 amide bonds. The van der Waals surface area contributed by atoms with E-state index in [4.69, 9.17) is 9.16 Å². The van der Waals surface area contributed by atoms with Crippen molar-refractivity contribution in [2.75, 3.05) is 49.2 Å². The van der Waals surface area contributed by atoms with Crippen LogP contribution in [-0.4, -0.2) is 58.8 Å². The summed E-state index contributed by atoms with van der Waals surface area (Å²) >= 11 is 1.80. The minimum atomic E-state index is -1.68. The number of hydrogen-bond donors (Lipinski definition) is 0. The van der Waals surface area contributed by atoms with Gasteiger partial charge in [0.15, 0.2) is 13.4 Å². The standard InChI is InChI=1S/C17H31N3O2SSi/c1-17(2,3)24(4,5)22-14-6-7-20(13-14)15-12-18-16(23-15)19-8-10-21-11-9-19/h12,14H,6-11,13H2,1-5H3/t14-/m0/s1. The monoisotopic (exact) mass is 369 g/mol. The molecular weight excluding hydrogens is 338 g/mol. The fourth-order valence-corrected chi connectivity index (χ4v) is 5.31. The number of rotatable bonds is 4. The second-order valence-electron chi connectivity index (χ2n) is 8.32. The molecule has 0 unspecified atom stereocenters. The highest BCUT2D eigenvalue weighted by molar-refractivity contribution is 7.19. The zero-order chi connectivity index (χ0) is 17.4. The summed E-state index contributed by atoms with van der Waals surface area (Å²) in [5, 5.41) is 2.67. The number of anilines is 2. The van der Waals surface area contributed by atoms with E-state index >= 15 is 0 Å². The number of morpholine rings is 1. The van der Waals surface area contributed by atoms with Crippen molar-refractivity contribution in [3.8, 4) is 0 Å². The van der Waals surface area contributed by atoms with Crippen LogP contribution in [0.1, 0.15) is 27.2 Å². The molecule has 2 aliphatic rings. The minimum absolute atomic E-state index is 0.272. The van der Waals surface area contributed by atoms with Crippen LogP contribution in [0.4, 0.5) is 10.1 Å². The molecule has 0 N–H and O–H groups in total. The molecule has 7 heteroatoms. The predicted octanol–water partition coefficient (Wildman–Crippen LogP) is 3.58. The summed E-state index contributed by atoms with van der Waals surface area (Å²) in [4.78, 5) is 9.41. The number of ether oxygens (including phenoxy) is 1. The summed E-state index contributed by atoms with van der Waals surface area (Å²) in [6.45, 7) is 17.2. The summed E-state index contributed by atoms with van der Waals surface area (Å²) in [6, 6.07) is 0. The van der Waals surface area contributed by atoms with Gasteiger partial charge in [0.05, 0.1) is 25.5 Å². The SMILES string of the molecule is CC(C)(C)[Si](C)(C)O[C@H]1CCN(c2cnc(N3CCOCC3)s2)C1. The molecule has 5 nitrogen and oxygen atoms in total. The lowest BCUT2D eigenvalue weighted by atomic mass is 10.2. The lowest BCUT2D eigenvalue weighted by Gasteiger charge is -2.38. The van der Waals surface area contributed by atoms with Crippen molar-refractivity contribution in [3.63, 3.8) is 0 Å². The highest BCUT2D eigenvalue weighted by Crippen LogP contribution is 2.39. The summed E-state index contributed by atoms with van der Waals surface area (Å²) < 4.78 is 12.0. The van der Waals surface area contributed by atoms with Crippen LogP contribution in [0.15, 0.2) is 6.20 Å². The largest absolute Gasteiger partial charge is 0.412 e. The molecule has 0 spiro atoms. The first-order valence-electron chi connectivity index (χ1n) is 8.97. The number of aromatic nitrogens is 1. The summed E-state index contributed by atoms with van der Waals surface area (Å²) in [5.41, 5.74) is 0. The van der Waals surface area contributed by atoms with Gasteiger partial charge < -0.3 is 19.0 Å².